The number of carbonyl (C=O) groups excluding carboxylic acids is 4. The average Bonchev–Trinajstić information content (AvgIpc) is 3.01. The second-order valence-corrected chi connectivity index (χ2v) is 13.1. The van der Waals surface area contributed by atoms with Crippen molar-refractivity contribution < 1.29 is 28.7 Å². The molecule has 0 bridgehead atoms. The number of nitrogens with one attached hydrogen (secondary N) is 2. The Morgan fingerprint density at radius 1 is 1.00 bits per heavy atom. The van der Waals surface area contributed by atoms with Gasteiger partial charge in [-0.05, 0) is 50.3 Å². The number of amides is 3. The molecule has 0 spiro atoms. The van der Waals surface area contributed by atoms with Gasteiger partial charge in [0.25, 0.3) is 5.91 Å². The van der Waals surface area contributed by atoms with Crippen molar-refractivity contribution in [1.29, 1.82) is 0 Å². The summed E-state index contributed by atoms with van der Waals surface area (Å²) < 4.78 is 11.4. The predicted molar refractivity (Wildman–Crippen MR) is 168 cm³/mol. The van der Waals surface area contributed by atoms with E-state index in [9.17, 15) is 19.2 Å². The smallest absolute Gasteiger partial charge is 0.408 e. The van der Waals surface area contributed by atoms with Crippen LogP contribution in [-0.4, -0.2) is 57.6 Å². The molecule has 2 N–H and O–H groups in total. The lowest BCUT2D eigenvalue weighted by Gasteiger charge is -2.49. The Hall–Kier alpha value is -4.02. The molecule has 1 aliphatic carbocycles. The Kier molecular flexibility index (Phi) is 9.51. The molecule has 0 radical (unpaired) electrons. The van der Waals surface area contributed by atoms with Crippen molar-refractivity contribution in [2.24, 2.45) is 0 Å². The summed E-state index contributed by atoms with van der Waals surface area (Å²) in [6.45, 7) is 5.19. The van der Waals surface area contributed by atoms with E-state index < -0.39 is 53.0 Å². The molecule has 3 aliphatic rings. The van der Waals surface area contributed by atoms with Gasteiger partial charge >= 0.3 is 12.1 Å². The van der Waals surface area contributed by atoms with Gasteiger partial charge in [0, 0.05) is 5.75 Å². The number of carbonyl (C=O) groups is 4. The van der Waals surface area contributed by atoms with E-state index in [1.54, 1.807) is 20.8 Å². The Bertz CT molecular complexity index is 1480. The third kappa shape index (κ3) is 7.03. The highest BCUT2D eigenvalue weighted by molar-refractivity contribution is 8.00. The molecule has 0 saturated carbocycles. The number of halogens is 1. The number of ether oxygens (including phenoxy) is 2. The number of nitrogens with zero attached hydrogens (tertiary/aromatic N) is 1. The number of thioether (sulfide) groups is 1. The first-order chi connectivity index (χ1) is 21.0. The number of benzene rings is 2. The van der Waals surface area contributed by atoms with Crippen molar-refractivity contribution in [3.8, 4) is 0 Å². The molecule has 3 atom stereocenters. The van der Waals surface area contributed by atoms with Crippen LogP contribution in [0.3, 0.4) is 0 Å². The SMILES string of the molecule is CC(C)(C)OC(=O)NC(C(=O)N[C@@H]1C(=O)N2C(C(=O)OC(c3ccccc3)c3ccccc3)=C(Cl)CS[C@H]12)C1=CCC=CC1. The van der Waals surface area contributed by atoms with Crippen LogP contribution in [0.25, 0.3) is 0 Å². The third-order valence-electron chi connectivity index (χ3n) is 7.17. The van der Waals surface area contributed by atoms with Crippen LogP contribution in [0.5, 0.6) is 0 Å². The van der Waals surface area contributed by atoms with Crippen molar-refractivity contribution in [3.05, 3.63) is 106 Å². The van der Waals surface area contributed by atoms with Gasteiger partial charge in [0.2, 0.25) is 5.91 Å². The van der Waals surface area contributed by atoms with Crippen LogP contribution in [0.2, 0.25) is 0 Å². The predicted octanol–water partition coefficient (Wildman–Crippen LogP) is 5.34. The molecular formula is C33H34ClN3O6S. The number of rotatable bonds is 8. The van der Waals surface area contributed by atoms with E-state index in [1.165, 1.54) is 16.7 Å². The average molecular weight is 636 g/mol. The van der Waals surface area contributed by atoms with E-state index in [-0.39, 0.29) is 16.5 Å². The number of fused-ring (bicyclic) bond motifs is 1. The van der Waals surface area contributed by atoms with Gasteiger partial charge in [0.05, 0.1) is 5.03 Å². The largest absolute Gasteiger partial charge is 0.448 e. The van der Waals surface area contributed by atoms with Crippen LogP contribution >= 0.6 is 23.4 Å². The Labute approximate surface area is 265 Å². The zero-order valence-corrected chi connectivity index (χ0v) is 26.2. The summed E-state index contributed by atoms with van der Waals surface area (Å²) in [7, 11) is 0. The van der Waals surface area contributed by atoms with Gasteiger partial charge in [0.1, 0.15) is 28.8 Å². The minimum Gasteiger partial charge on any atom is -0.448 e. The molecule has 1 fully saturated rings. The van der Waals surface area contributed by atoms with E-state index in [4.69, 9.17) is 21.1 Å². The summed E-state index contributed by atoms with van der Waals surface area (Å²) in [5.74, 6) is -1.53. The van der Waals surface area contributed by atoms with Crippen molar-refractivity contribution >= 4 is 47.2 Å². The fraction of sp³-hybridized carbons (Fsp3) is 0.333. The standard InChI is InChI=1S/C33H34ClN3O6S/c1-33(2,3)43-32(41)36-24(20-13-7-4-8-14-20)28(38)35-25-29(39)37-26(23(34)19-44-30(25)37)31(40)42-27(21-15-9-5-10-16-21)22-17-11-6-12-18-22/h4-7,9-12,14-18,24-25,27,30H,8,13,19H2,1-3H3,(H,35,38)(H,36,41)/t24?,25-,30-/m1/s1. The molecule has 1 saturated heterocycles. The molecule has 5 rings (SSSR count). The van der Waals surface area contributed by atoms with Crippen LogP contribution in [0.1, 0.15) is 50.8 Å². The maximum atomic E-state index is 13.6. The van der Waals surface area contributed by atoms with E-state index >= 15 is 0 Å². The van der Waals surface area contributed by atoms with E-state index in [2.05, 4.69) is 10.6 Å². The van der Waals surface area contributed by atoms with Crippen LogP contribution < -0.4 is 10.6 Å². The van der Waals surface area contributed by atoms with Gasteiger partial charge < -0.3 is 20.1 Å². The number of hydrogen-bond acceptors (Lipinski definition) is 7. The minimum atomic E-state index is -1.04. The molecule has 230 valence electrons. The van der Waals surface area contributed by atoms with Crippen molar-refractivity contribution in [2.45, 2.75) is 62.8 Å². The topological polar surface area (TPSA) is 114 Å². The quantitative estimate of drug-likeness (QED) is 0.229. The maximum Gasteiger partial charge on any atom is 0.408 e. The lowest BCUT2D eigenvalue weighted by molar-refractivity contribution is -0.154. The monoisotopic (exact) mass is 635 g/mol. The van der Waals surface area contributed by atoms with Crippen LogP contribution in [-0.2, 0) is 23.9 Å². The third-order valence-corrected chi connectivity index (χ3v) is 8.92. The van der Waals surface area contributed by atoms with Crippen molar-refractivity contribution in [1.82, 2.24) is 15.5 Å². The molecule has 1 unspecified atom stereocenters. The normalized spacial score (nSPS) is 20.2. The summed E-state index contributed by atoms with van der Waals surface area (Å²) in [4.78, 5) is 54.6. The lowest BCUT2D eigenvalue weighted by Crippen LogP contribution is -2.71. The Morgan fingerprint density at radius 3 is 2.20 bits per heavy atom. The molecule has 2 heterocycles. The fourth-order valence-corrected chi connectivity index (χ4v) is 6.71. The summed E-state index contributed by atoms with van der Waals surface area (Å²) in [5.41, 5.74) is 1.43. The van der Waals surface area contributed by atoms with Gasteiger partial charge in [0.15, 0.2) is 6.10 Å². The second-order valence-electron chi connectivity index (χ2n) is 11.5. The number of alkyl carbamates (subject to hydrolysis) is 1. The highest BCUT2D eigenvalue weighted by Crippen LogP contribution is 2.42. The van der Waals surface area contributed by atoms with Gasteiger partial charge in [-0.1, -0.05) is 90.5 Å². The first kappa shape index (κ1) is 31.4. The number of esters is 1. The Morgan fingerprint density at radius 2 is 1.64 bits per heavy atom. The van der Waals surface area contributed by atoms with E-state index in [0.29, 0.717) is 18.4 Å². The van der Waals surface area contributed by atoms with Crippen molar-refractivity contribution in [2.75, 3.05) is 5.75 Å². The van der Waals surface area contributed by atoms with Crippen LogP contribution in [0.15, 0.2) is 95.2 Å². The summed E-state index contributed by atoms with van der Waals surface area (Å²) in [6.07, 6.45) is 5.38. The van der Waals surface area contributed by atoms with Crippen molar-refractivity contribution in [3.63, 3.8) is 0 Å². The molecule has 2 aliphatic heterocycles. The van der Waals surface area contributed by atoms with Gasteiger partial charge in [-0.15, -0.1) is 11.8 Å². The van der Waals surface area contributed by atoms with Gasteiger partial charge in [-0.3, -0.25) is 14.5 Å². The molecule has 3 amide bonds. The molecule has 2 aromatic carbocycles. The summed E-state index contributed by atoms with van der Waals surface area (Å²) in [6, 6.07) is 16.7. The Balaban J connectivity index is 1.32. The second kappa shape index (κ2) is 13.3. The van der Waals surface area contributed by atoms with Crippen LogP contribution in [0.4, 0.5) is 4.79 Å². The lowest BCUT2D eigenvalue weighted by atomic mass is 9.96. The molecule has 9 nitrogen and oxygen atoms in total. The number of hydrogen-bond donors (Lipinski definition) is 2. The zero-order chi connectivity index (χ0) is 31.4. The summed E-state index contributed by atoms with van der Waals surface area (Å²) in [5, 5.41) is 5.07. The number of allylic oxidation sites excluding steroid dienone is 3. The molecule has 11 heteroatoms. The molecular weight excluding hydrogens is 602 g/mol. The zero-order valence-electron chi connectivity index (χ0n) is 24.6. The minimum absolute atomic E-state index is 0.0358. The molecule has 0 aromatic heterocycles. The van der Waals surface area contributed by atoms with E-state index in [0.717, 1.165) is 11.1 Å². The first-order valence-electron chi connectivity index (χ1n) is 14.3. The van der Waals surface area contributed by atoms with E-state index in [1.807, 2.05) is 78.9 Å². The maximum absolute atomic E-state index is 13.6. The van der Waals surface area contributed by atoms with Gasteiger partial charge in [-0.25, -0.2) is 9.59 Å². The van der Waals surface area contributed by atoms with Gasteiger partial charge in [-0.2, -0.15) is 0 Å². The fourth-order valence-electron chi connectivity index (χ4n) is 5.16. The first-order valence-corrected chi connectivity index (χ1v) is 15.7. The highest BCUT2D eigenvalue weighted by Gasteiger charge is 2.55. The molecule has 2 aromatic rings. The molecule has 44 heavy (non-hydrogen) atoms. The number of β-lactam (4-membered cyclic amide) rings is 1. The highest BCUT2D eigenvalue weighted by atomic mass is 35.5. The van der Waals surface area contributed by atoms with Crippen LogP contribution in [0, 0.1) is 0 Å². The summed E-state index contributed by atoms with van der Waals surface area (Å²) >= 11 is 7.86.